The van der Waals surface area contributed by atoms with Crippen LogP contribution < -0.4 is 16.6 Å². The highest BCUT2D eigenvalue weighted by molar-refractivity contribution is 7.98. The fraction of sp³-hybridized carbons (Fsp3) is 0.250. The van der Waals surface area contributed by atoms with E-state index in [1.165, 1.54) is 22.5 Å². The molecule has 0 radical (unpaired) electrons. The van der Waals surface area contributed by atoms with E-state index in [0.717, 1.165) is 9.46 Å². The van der Waals surface area contributed by atoms with Gasteiger partial charge in [0, 0.05) is 23.3 Å². The summed E-state index contributed by atoms with van der Waals surface area (Å²) in [5.41, 5.74) is -0.976. The first-order chi connectivity index (χ1) is 11.5. The number of anilines is 1. The van der Waals surface area contributed by atoms with Crippen LogP contribution in [0.4, 0.5) is 5.69 Å². The van der Waals surface area contributed by atoms with Crippen molar-refractivity contribution in [2.75, 3.05) is 11.6 Å². The van der Waals surface area contributed by atoms with Crippen LogP contribution >= 0.6 is 11.8 Å². The molecule has 124 valence electrons. The second-order valence-corrected chi connectivity index (χ2v) is 5.77. The SMILES string of the molecule is CCn1cc(C#N)c(=O)n(CC(=O)Nc2cccc(SC)c2)c1=O. The van der Waals surface area contributed by atoms with Crippen molar-refractivity contribution in [3.63, 3.8) is 0 Å². The van der Waals surface area contributed by atoms with Gasteiger partial charge in [-0.05, 0) is 31.4 Å². The molecule has 1 N–H and O–H groups in total. The summed E-state index contributed by atoms with van der Waals surface area (Å²) >= 11 is 1.53. The molecule has 1 amide bonds. The molecule has 0 fully saturated rings. The predicted octanol–water partition coefficient (Wildman–Crippen LogP) is 1.26. The van der Waals surface area contributed by atoms with Gasteiger partial charge < -0.3 is 5.32 Å². The quantitative estimate of drug-likeness (QED) is 0.824. The summed E-state index contributed by atoms with van der Waals surface area (Å²) in [5.74, 6) is -0.509. The van der Waals surface area contributed by atoms with Crippen molar-refractivity contribution in [2.45, 2.75) is 24.9 Å². The Morgan fingerprint density at radius 3 is 2.75 bits per heavy atom. The Bertz CT molecular complexity index is 924. The normalized spacial score (nSPS) is 10.2. The molecule has 24 heavy (non-hydrogen) atoms. The Kier molecular flexibility index (Phi) is 5.60. The summed E-state index contributed by atoms with van der Waals surface area (Å²) in [5, 5.41) is 11.7. The summed E-state index contributed by atoms with van der Waals surface area (Å²) in [6.07, 6.45) is 3.13. The monoisotopic (exact) mass is 344 g/mol. The van der Waals surface area contributed by atoms with Crippen molar-refractivity contribution in [3.05, 3.63) is 56.9 Å². The van der Waals surface area contributed by atoms with Crippen LogP contribution in [0.25, 0.3) is 0 Å². The zero-order chi connectivity index (χ0) is 17.7. The summed E-state index contributed by atoms with van der Waals surface area (Å²) in [4.78, 5) is 37.5. The van der Waals surface area contributed by atoms with Crippen LogP contribution in [0.5, 0.6) is 0 Å². The van der Waals surface area contributed by atoms with Gasteiger partial charge >= 0.3 is 5.69 Å². The number of amides is 1. The van der Waals surface area contributed by atoms with E-state index in [1.54, 1.807) is 31.2 Å². The first kappa shape index (κ1) is 17.6. The molecular weight excluding hydrogens is 328 g/mol. The van der Waals surface area contributed by atoms with Gasteiger partial charge in [-0.25, -0.2) is 9.36 Å². The Morgan fingerprint density at radius 2 is 2.12 bits per heavy atom. The van der Waals surface area contributed by atoms with Gasteiger partial charge in [-0.3, -0.25) is 14.2 Å². The summed E-state index contributed by atoms with van der Waals surface area (Å²) < 4.78 is 2.00. The Balaban J connectivity index is 2.30. The fourth-order valence-corrected chi connectivity index (χ4v) is 2.60. The molecule has 0 aliphatic carbocycles. The number of aryl methyl sites for hydroxylation is 1. The zero-order valence-corrected chi connectivity index (χ0v) is 14.1. The van der Waals surface area contributed by atoms with Crippen LogP contribution in [-0.2, 0) is 17.9 Å². The number of aromatic nitrogens is 2. The van der Waals surface area contributed by atoms with Crippen molar-refractivity contribution in [3.8, 4) is 6.07 Å². The van der Waals surface area contributed by atoms with E-state index in [1.807, 2.05) is 12.3 Å². The second kappa shape index (κ2) is 7.66. The molecule has 7 nitrogen and oxygen atoms in total. The van der Waals surface area contributed by atoms with E-state index in [0.29, 0.717) is 12.2 Å². The van der Waals surface area contributed by atoms with E-state index >= 15 is 0 Å². The Hall–Kier alpha value is -2.79. The number of hydrogen-bond acceptors (Lipinski definition) is 5. The predicted molar refractivity (Wildman–Crippen MR) is 92.2 cm³/mol. The lowest BCUT2D eigenvalue weighted by molar-refractivity contribution is -0.116. The second-order valence-electron chi connectivity index (χ2n) is 4.89. The third-order valence-corrected chi connectivity index (χ3v) is 4.08. The molecule has 1 aromatic heterocycles. The minimum absolute atomic E-state index is 0.173. The van der Waals surface area contributed by atoms with Crippen LogP contribution in [0, 0.1) is 11.3 Å². The van der Waals surface area contributed by atoms with Crippen LogP contribution in [-0.4, -0.2) is 21.3 Å². The molecule has 1 aromatic carbocycles. The van der Waals surface area contributed by atoms with Gasteiger partial charge in [-0.2, -0.15) is 5.26 Å². The molecule has 2 aromatic rings. The number of carbonyl (C=O) groups excluding carboxylic acids is 1. The maximum atomic E-state index is 12.2. The van der Waals surface area contributed by atoms with E-state index < -0.39 is 23.7 Å². The van der Waals surface area contributed by atoms with Gasteiger partial charge in [0.15, 0.2) is 0 Å². The van der Waals surface area contributed by atoms with Gasteiger partial charge in [0.2, 0.25) is 5.91 Å². The number of benzene rings is 1. The number of nitriles is 1. The largest absolute Gasteiger partial charge is 0.331 e. The summed E-state index contributed by atoms with van der Waals surface area (Å²) in [7, 11) is 0. The highest BCUT2D eigenvalue weighted by Crippen LogP contribution is 2.18. The van der Waals surface area contributed by atoms with Crippen molar-refractivity contribution in [1.29, 1.82) is 5.26 Å². The fourth-order valence-electron chi connectivity index (χ4n) is 2.14. The minimum atomic E-state index is -0.764. The number of nitrogens with zero attached hydrogens (tertiary/aromatic N) is 3. The Labute approximate surface area is 142 Å². The zero-order valence-electron chi connectivity index (χ0n) is 13.3. The number of rotatable bonds is 5. The van der Waals surface area contributed by atoms with Gasteiger partial charge in [-0.15, -0.1) is 11.8 Å². The molecule has 0 bridgehead atoms. The number of carbonyl (C=O) groups is 1. The van der Waals surface area contributed by atoms with Crippen LogP contribution in [0.2, 0.25) is 0 Å². The van der Waals surface area contributed by atoms with E-state index in [9.17, 15) is 14.4 Å². The third-order valence-electron chi connectivity index (χ3n) is 3.35. The standard InChI is InChI=1S/C16H16N4O3S/c1-3-19-9-11(8-17)15(22)20(16(19)23)10-14(21)18-12-5-4-6-13(7-12)24-2/h4-7,9H,3,10H2,1-2H3,(H,18,21). The maximum absolute atomic E-state index is 12.2. The van der Waals surface area contributed by atoms with Crippen LogP contribution in [0.15, 0.2) is 44.9 Å². The molecule has 0 spiro atoms. The molecule has 0 atom stereocenters. The molecular formula is C16H16N4O3S. The lowest BCUT2D eigenvalue weighted by atomic mass is 10.3. The molecule has 1 heterocycles. The van der Waals surface area contributed by atoms with Crippen molar-refractivity contribution in [1.82, 2.24) is 9.13 Å². The number of nitrogens with one attached hydrogen (secondary N) is 1. The molecule has 8 heteroatoms. The van der Waals surface area contributed by atoms with Crippen molar-refractivity contribution >= 4 is 23.4 Å². The number of hydrogen-bond donors (Lipinski definition) is 1. The third kappa shape index (κ3) is 3.75. The van der Waals surface area contributed by atoms with Gasteiger partial charge in [0.1, 0.15) is 18.2 Å². The minimum Gasteiger partial charge on any atom is -0.324 e. The molecule has 0 unspecified atom stereocenters. The highest BCUT2D eigenvalue weighted by atomic mass is 32.2. The number of thioether (sulfide) groups is 1. The summed E-state index contributed by atoms with van der Waals surface area (Å²) in [6, 6.07) is 8.96. The van der Waals surface area contributed by atoms with Crippen LogP contribution in [0.1, 0.15) is 12.5 Å². The average Bonchev–Trinajstić information content (AvgIpc) is 2.59. The van der Waals surface area contributed by atoms with Crippen molar-refractivity contribution < 1.29 is 4.79 Å². The van der Waals surface area contributed by atoms with E-state index in [-0.39, 0.29) is 5.56 Å². The van der Waals surface area contributed by atoms with E-state index in [2.05, 4.69) is 5.32 Å². The maximum Gasteiger partial charge on any atom is 0.331 e. The molecule has 0 aliphatic heterocycles. The Morgan fingerprint density at radius 1 is 1.38 bits per heavy atom. The summed E-state index contributed by atoms with van der Waals surface area (Å²) in [6.45, 7) is 1.56. The highest BCUT2D eigenvalue weighted by Gasteiger charge is 2.14. The van der Waals surface area contributed by atoms with Gasteiger partial charge in [0.05, 0.1) is 0 Å². The lowest BCUT2D eigenvalue weighted by Gasteiger charge is -2.10. The molecule has 0 saturated heterocycles. The molecule has 0 aliphatic rings. The topological polar surface area (TPSA) is 96.9 Å². The van der Waals surface area contributed by atoms with Crippen molar-refractivity contribution in [2.24, 2.45) is 0 Å². The molecule has 0 saturated carbocycles. The van der Waals surface area contributed by atoms with E-state index in [4.69, 9.17) is 5.26 Å². The average molecular weight is 344 g/mol. The van der Waals surface area contributed by atoms with Crippen LogP contribution in [0.3, 0.4) is 0 Å². The first-order valence-corrected chi connectivity index (χ1v) is 8.41. The smallest absolute Gasteiger partial charge is 0.324 e. The van der Waals surface area contributed by atoms with Gasteiger partial charge in [-0.1, -0.05) is 6.07 Å². The molecule has 2 rings (SSSR count). The van der Waals surface area contributed by atoms with Gasteiger partial charge in [0.25, 0.3) is 5.56 Å². The lowest BCUT2D eigenvalue weighted by Crippen LogP contribution is -2.43. The first-order valence-electron chi connectivity index (χ1n) is 7.18.